The SMILES string of the molecule is Cc1ccccc1-n1nc(-c2ccccc2)c2c1N(CC(=O)NCc1ccco1)C(=O)CS[C@@H]2c1cccs1. The molecule has 2 aromatic carbocycles. The lowest BCUT2D eigenvalue weighted by atomic mass is 10.0. The van der Waals surface area contributed by atoms with E-state index in [1.807, 2.05) is 72.3 Å². The molecule has 0 spiro atoms. The molecule has 5 aromatic rings. The third-order valence-corrected chi connectivity index (χ3v) is 8.95. The molecule has 0 saturated heterocycles. The Kier molecular flexibility index (Phi) is 7.08. The van der Waals surface area contributed by atoms with E-state index in [0.29, 0.717) is 11.6 Å². The zero-order chi connectivity index (χ0) is 26.8. The molecule has 0 radical (unpaired) electrons. The Hall–Kier alpha value is -4.08. The quantitative estimate of drug-likeness (QED) is 0.267. The van der Waals surface area contributed by atoms with Gasteiger partial charge in [-0.25, -0.2) is 4.68 Å². The minimum atomic E-state index is -0.274. The van der Waals surface area contributed by atoms with Gasteiger partial charge in [-0.1, -0.05) is 54.6 Å². The summed E-state index contributed by atoms with van der Waals surface area (Å²) in [5.74, 6) is 1.11. The van der Waals surface area contributed by atoms with Crippen molar-refractivity contribution in [2.24, 2.45) is 0 Å². The summed E-state index contributed by atoms with van der Waals surface area (Å²) in [5, 5.41) is 9.97. The van der Waals surface area contributed by atoms with Crippen LogP contribution in [0, 0.1) is 6.92 Å². The van der Waals surface area contributed by atoms with E-state index in [1.165, 1.54) is 0 Å². The number of nitrogens with one attached hydrogen (secondary N) is 1. The molecule has 196 valence electrons. The number of carbonyl (C=O) groups excluding carboxylic acids is 2. The number of aromatic nitrogens is 2. The second-order valence-corrected chi connectivity index (χ2v) is 11.3. The maximum atomic E-state index is 13.7. The van der Waals surface area contributed by atoms with Crippen LogP contribution in [0.4, 0.5) is 5.82 Å². The molecule has 0 aliphatic carbocycles. The Bertz CT molecular complexity index is 1590. The van der Waals surface area contributed by atoms with Gasteiger partial charge in [-0.15, -0.1) is 23.1 Å². The number of para-hydroxylation sites is 1. The Morgan fingerprint density at radius 1 is 1.05 bits per heavy atom. The number of hydrogen-bond acceptors (Lipinski definition) is 6. The maximum Gasteiger partial charge on any atom is 0.240 e. The minimum Gasteiger partial charge on any atom is -0.467 e. The van der Waals surface area contributed by atoms with E-state index in [2.05, 4.69) is 16.8 Å². The molecule has 4 heterocycles. The first-order chi connectivity index (χ1) is 19.1. The third-order valence-electron chi connectivity index (χ3n) is 6.62. The number of carbonyl (C=O) groups is 2. The molecule has 9 heteroatoms. The number of benzene rings is 2. The molecule has 0 fully saturated rings. The number of furan rings is 1. The van der Waals surface area contributed by atoms with Crippen LogP contribution in [0.5, 0.6) is 0 Å². The largest absolute Gasteiger partial charge is 0.467 e. The predicted octanol–water partition coefficient (Wildman–Crippen LogP) is 5.99. The Balaban J connectivity index is 1.53. The zero-order valence-electron chi connectivity index (χ0n) is 21.2. The van der Waals surface area contributed by atoms with E-state index in [4.69, 9.17) is 9.52 Å². The molecule has 0 unspecified atom stereocenters. The van der Waals surface area contributed by atoms with Crippen molar-refractivity contribution < 1.29 is 14.0 Å². The molecule has 6 rings (SSSR count). The lowest BCUT2D eigenvalue weighted by Gasteiger charge is -2.23. The van der Waals surface area contributed by atoms with Crippen LogP contribution in [0.2, 0.25) is 0 Å². The summed E-state index contributed by atoms with van der Waals surface area (Å²) in [6.07, 6.45) is 1.57. The number of anilines is 1. The number of nitrogens with zero attached hydrogens (tertiary/aromatic N) is 3. The predicted molar refractivity (Wildman–Crippen MR) is 155 cm³/mol. The number of thiophene rings is 1. The van der Waals surface area contributed by atoms with Gasteiger partial charge in [0, 0.05) is 16.0 Å². The van der Waals surface area contributed by atoms with E-state index in [-0.39, 0.29) is 35.9 Å². The summed E-state index contributed by atoms with van der Waals surface area (Å²) in [6, 6.07) is 25.7. The first-order valence-electron chi connectivity index (χ1n) is 12.6. The lowest BCUT2D eigenvalue weighted by Crippen LogP contribution is -2.42. The van der Waals surface area contributed by atoms with Crippen molar-refractivity contribution in [3.05, 3.63) is 112 Å². The van der Waals surface area contributed by atoms with Crippen LogP contribution in [-0.4, -0.2) is 33.9 Å². The number of aryl methyl sites for hydroxylation is 1. The van der Waals surface area contributed by atoms with Gasteiger partial charge in [0.1, 0.15) is 18.1 Å². The average molecular weight is 555 g/mol. The van der Waals surface area contributed by atoms with Gasteiger partial charge in [0.15, 0.2) is 0 Å². The molecule has 2 amide bonds. The second kappa shape index (κ2) is 11.0. The third kappa shape index (κ3) is 5.03. The number of thioether (sulfide) groups is 1. The summed E-state index contributed by atoms with van der Waals surface area (Å²) in [5.41, 5.74) is 4.57. The van der Waals surface area contributed by atoms with Crippen molar-refractivity contribution in [3.8, 4) is 16.9 Å². The van der Waals surface area contributed by atoms with Gasteiger partial charge in [-0.3, -0.25) is 14.5 Å². The molecule has 1 N–H and O–H groups in total. The topological polar surface area (TPSA) is 80.4 Å². The zero-order valence-corrected chi connectivity index (χ0v) is 22.9. The Morgan fingerprint density at radius 2 is 1.87 bits per heavy atom. The summed E-state index contributed by atoms with van der Waals surface area (Å²) in [7, 11) is 0. The molecule has 1 atom stereocenters. The van der Waals surface area contributed by atoms with E-state index in [0.717, 1.165) is 32.9 Å². The molecule has 39 heavy (non-hydrogen) atoms. The van der Waals surface area contributed by atoms with Crippen LogP contribution in [0.15, 0.2) is 94.9 Å². The number of rotatable bonds is 7. The van der Waals surface area contributed by atoms with Crippen molar-refractivity contribution in [2.75, 3.05) is 17.2 Å². The monoisotopic (exact) mass is 554 g/mol. The van der Waals surface area contributed by atoms with Crippen LogP contribution in [0.25, 0.3) is 16.9 Å². The summed E-state index contributed by atoms with van der Waals surface area (Å²) < 4.78 is 7.20. The van der Waals surface area contributed by atoms with E-state index >= 15 is 0 Å². The molecule has 0 bridgehead atoms. The van der Waals surface area contributed by atoms with Crippen molar-refractivity contribution in [3.63, 3.8) is 0 Å². The number of hydrogen-bond donors (Lipinski definition) is 1. The number of amides is 2. The summed E-state index contributed by atoms with van der Waals surface area (Å²) >= 11 is 3.24. The van der Waals surface area contributed by atoms with Gasteiger partial charge in [0.05, 0.1) is 35.2 Å². The highest BCUT2D eigenvalue weighted by Gasteiger charge is 2.38. The van der Waals surface area contributed by atoms with Crippen LogP contribution < -0.4 is 10.2 Å². The molecule has 3 aromatic heterocycles. The fourth-order valence-electron chi connectivity index (χ4n) is 4.76. The molecular formula is C30H26N4O3S2. The second-order valence-electron chi connectivity index (χ2n) is 9.19. The molecular weight excluding hydrogens is 528 g/mol. The first kappa shape index (κ1) is 25.2. The van der Waals surface area contributed by atoms with Crippen LogP contribution in [-0.2, 0) is 16.1 Å². The summed E-state index contributed by atoms with van der Waals surface area (Å²) in [4.78, 5) is 29.7. The normalized spacial score (nSPS) is 15.2. The van der Waals surface area contributed by atoms with E-state index in [9.17, 15) is 9.59 Å². The van der Waals surface area contributed by atoms with Gasteiger partial charge < -0.3 is 9.73 Å². The molecule has 0 saturated carbocycles. The van der Waals surface area contributed by atoms with Crippen LogP contribution in [0.1, 0.15) is 27.0 Å². The van der Waals surface area contributed by atoms with Gasteiger partial charge in [0.2, 0.25) is 11.8 Å². The highest BCUT2D eigenvalue weighted by atomic mass is 32.2. The van der Waals surface area contributed by atoms with Crippen molar-refractivity contribution in [1.82, 2.24) is 15.1 Å². The van der Waals surface area contributed by atoms with Gasteiger partial charge >= 0.3 is 0 Å². The Labute approximate surface area is 234 Å². The fraction of sp³-hybridized carbons (Fsp3) is 0.167. The lowest BCUT2D eigenvalue weighted by molar-refractivity contribution is -0.123. The fourth-order valence-corrected chi connectivity index (χ4v) is 6.94. The minimum absolute atomic E-state index is 0.117. The molecule has 1 aliphatic rings. The van der Waals surface area contributed by atoms with E-state index < -0.39 is 0 Å². The summed E-state index contributed by atoms with van der Waals surface area (Å²) in [6.45, 7) is 2.14. The molecule has 7 nitrogen and oxygen atoms in total. The van der Waals surface area contributed by atoms with Gasteiger partial charge in [-0.05, 0) is 42.1 Å². The highest BCUT2D eigenvalue weighted by Crippen LogP contribution is 2.49. The highest BCUT2D eigenvalue weighted by molar-refractivity contribution is 8.00. The standard InChI is InChI=1S/C30H26N4O3S2/c1-20-9-5-6-13-23(20)34-30-27(28(32-34)21-10-3-2-4-11-21)29(24-14-8-16-38-24)39-19-26(36)33(30)18-25(35)31-17-22-12-7-15-37-22/h2-16,29H,17-19H2,1H3,(H,31,35)/t29-/m1/s1. The van der Waals surface area contributed by atoms with E-state index in [1.54, 1.807) is 46.4 Å². The van der Waals surface area contributed by atoms with Gasteiger partial charge in [0.25, 0.3) is 0 Å². The van der Waals surface area contributed by atoms with Crippen LogP contribution >= 0.6 is 23.1 Å². The smallest absolute Gasteiger partial charge is 0.240 e. The van der Waals surface area contributed by atoms with Gasteiger partial charge in [-0.2, -0.15) is 5.10 Å². The van der Waals surface area contributed by atoms with Crippen molar-refractivity contribution >= 4 is 40.7 Å². The molecule has 1 aliphatic heterocycles. The first-order valence-corrected chi connectivity index (χ1v) is 14.5. The van der Waals surface area contributed by atoms with Crippen molar-refractivity contribution in [1.29, 1.82) is 0 Å². The average Bonchev–Trinajstić information content (AvgIpc) is 3.73. The maximum absolute atomic E-state index is 13.7. The van der Waals surface area contributed by atoms with Crippen molar-refractivity contribution in [2.45, 2.75) is 18.7 Å². The Morgan fingerprint density at radius 3 is 2.62 bits per heavy atom. The van der Waals surface area contributed by atoms with Crippen LogP contribution in [0.3, 0.4) is 0 Å². The number of fused-ring (bicyclic) bond motifs is 1.